The topological polar surface area (TPSA) is 29.1 Å². The van der Waals surface area contributed by atoms with Crippen molar-refractivity contribution in [3.63, 3.8) is 0 Å². The number of halogens is 2. The number of hydrogen-bond donors (Lipinski definition) is 1. The van der Waals surface area contributed by atoms with Crippen molar-refractivity contribution in [3.05, 3.63) is 34.1 Å². The van der Waals surface area contributed by atoms with Crippen molar-refractivity contribution < 1.29 is 9.18 Å². The fourth-order valence-corrected chi connectivity index (χ4v) is 3.02. The number of nitrogens with one attached hydrogen (secondary N) is 1. The zero-order valence-corrected chi connectivity index (χ0v) is 12.7. The van der Waals surface area contributed by atoms with Crippen molar-refractivity contribution in [2.24, 2.45) is 5.92 Å². The fourth-order valence-electron chi connectivity index (χ4n) is 2.66. The van der Waals surface area contributed by atoms with Crippen molar-refractivity contribution in [2.45, 2.75) is 45.1 Å². The maximum absolute atomic E-state index is 13.8. The van der Waals surface area contributed by atoms with Crippen molar-refractivity contribution in [2.75, 3.05) is 0 Å². The molecular weight excluding hydrogens is 309 g/mol. The van der Waals surface area contributed by atoms with Crippen LogP contribution in [0, 0.1) is 11.7 Å². The largest absolute Gasteiger partial charge is 0.349 e. The Labute approximate surface area is 121 Å². The molecule has 0 saturated heterocycles. The van der Waals surface area contributed by atoms with Gasteiger partial charge in [-0.05, 0) is 59.7 Å². The van der Waals surface area contributed by atoms with Crippen LogP contribution in [-0.2, 0) is 0 Å². The van der Waals surface area contributed by atoms with Crippen molar-refractivity contribution >= 4 is 21.8 Å². The summed E-state index contributed by atoms with van der Waals surface area (Å²) < 4.78 is 14.1. The summed E-state index contributed by atoms with van der Waals surface area (Å²) in [6.45, 7) is 2.21. The van der Waals surface area contributed by atoms with Crippen molar-refractivity contribution in [1.82, 2.24) is 5.32 Å². The van der Waals surface area contributed by atoms with E-state index in [1.165, 1.54) is 12.5 Å². The lowest BCUT2D eigenvalue weighted by Gasteiger charge is -2.28. The van der Waals surface area contributed by atoms with Gasteiger partial charge in [-0.3, -0.25) is 4.79 Å². The van der Waals surface area contributed by atoms with Gasteiger partial charge in [0.1, 0.15) is 5.82 Å². The quantitative estimate of drug-likeness (QED) is 0.881. The number of rotatable bonds is 3. The van der Waals surface area contributed by atoms with Gasteiger partial charge >= 0.3 is 0 Å². The molecule has 0 heterocycles. The van der Waals surface area contributed by atoms with E-state index in [4.69, 9.17) is 0 Å². The van der Waals surface area contributed by atoms with E-state index in [1.807, 2.05) is 0 Å². The molecule has 1 fully saturated rings. The SMILES string of the molecule is CCC1CCC(NC(=O)c2cccc(Br)c2F)CC1. The molecule has 0 bridgehead atoms. The summed E-state index contributed by atoms with van der Waals surface area (Å²) >= 11 is 3.10. The second-order valence-electron chi connectivity index (χ2n) is 5.20. The molecule has 0 aliphatic heterocycles. The van der Waals surface area contributed by atoms with Crippen LogP contribution < -0.4 is 5.32 Å². The van der Waals surface area contributed by atoms with E-state index >= 15 is 0 Å². The highest BCUT2D eigenvalue weighted by Crippen LogP contribution is 2.27. The number of carbonyl (C=O) groups is 1. The lowest BCUT2D eigenvalue weighted by molar-refractivity contribution is 0.0917. The first kappa shape index (κ1) is 14.5. The van der Waals surface area contributed by atoms with Gasteiger partial charge in [0.05, 0.1) is 10.0 Å². The van der Waals surface area contributed by atoms with Crippen LogP contribution in [0.3, 0.4) is 0 Å². The van der Waals surface area contributed by atoms with E-state index < -0.39 is 5.82 Å². The van der Waals surface area contributed by atoms with E-state index in [9.17, 15) is 9.18 Å². The number of carbonyl (C=O) groups excluding carboxylic acids is 1. The van der Waals surface area contributed by atoms with Gasteiger partial charge in [-0.25, -0.2) is 4.39 Å². The average Bonchev–Trinajstić information content (AvgIpc) is 2.42. The summed E-state index contributed by atoms with van der Waals surface area (Å²) in [7, 11) is 0. The first-order valence-corrected chi connectivity index (χ1v) is 7.66. The second kappa shape index (κ2) is 6.51. The zero-order valence-electron chi connectivity index (χ0n) is 11.1. The first-order valence-electron chi connectivity index (χ1n) is 6.86. The fraction of sp³-hybridized carbons (Fsp3) is 0.533. The maximum atomic E-state index is 13.8. The summed E-state index contributed by atoms with van der Waals surface area (Å²) in [6.07, 6.45) is 5.52. The van der Waals surface area contributed by atoms with Gasteiger partial charge < -0.3 is 5.32 Å². The molecule has 1 saturated carbocycles. The van der Waals surface area contributed by atoms with Crippen LogP contribution in [0.15, 0.2) is 22.7 Å². The van der Waals surface area contributed by atoms with Gasteiger partial charge in [0, 0.05) is 6.04 Å². The summed E-state index contributed by atoms with van der Waals surface area (Å²) in [5.74, 6) is -0.00301. The van der Waals surface area contributed by atoms with Crippen molar-refractivity contribution in [1.29, 1.82) is 0 Å². The number of benzene rings is 1. The molecule has 1 aliphatic rings. The molecule has 1 amide bonds. The highest BCUT2D eigenvalue weighted by Gasteiger charge is 2.23. The molecule has 0 aromatic heterocycles. The third-order valence-electron chi connectivity index (χ3n) is 3.96. The van der Waals surface area contributed by atoms with E-state index in [2.05, 4.69) is 28.2 Å². The lowest BCUT2D eigenvalue weighted by Crippen LogP contribution is -2.38. The molecule has 4 heteroatoms. The van der Waals surface area contributed by atoms with Crippen LogP contribution in [0.1, 0.15) is 49.4 Å². The predicted octanol–water partition coefficient (Wildman–Crippen LogP) is 4.29. The molecule has 2 rings (SSSR count). The molecule has 0 atom stereocenters. The molecule has 1 aromatic rings. The molecule has 1 aromatic carbocycles. The van der Waals surface area contributed by atoms with E-state index in [0.717, 1.165) is 31.6 Å². The molecule has 0 radical (unpaired) electrons. The third kappa shape index (κ3) is 3.56. The minimum Gasteiger partial charge on any atom is -0.349 e. The molecule has 104 valence electrons. The van der Waals surface area contributed by atoms with E-state index in [0.29, 0.717) is 4.47 Å². The Morgan fingerprint density at radius 3 is 2.68 bits per heavy atom. The summed E-state index contributed by atoms with van der Waals surface area (Å²) in [5, 5.41) is 2.95. The monoisotopic (exact) mass is 327 g/mol. The second-order valence-corrected chi connectivity index (χ2v) is 6.06. The predicted molar refractivity (Wildman–Crippen MR) is 77.6 cm³/mol. The molecule has 19 heavy (non-hydrogen) atoms. The van der Waals surface area contributed by atoms with Crippen LogP contribution in [0.4, 0.5) is 4.39 Å². The van der Waals surface area contributed by atoms with Gasteiger partial charge in [0.25, 0.3) is 5.91 Å². The highest BCUT2D eigenvalue weighted by atomic mass is 79.9. The van der Waals surface area contributed by atoms with Gasteiger partial charge in [-0.15, -0.1) is 0 Å². The Morgan fingerprint density at radius 2 is 2.05 bits per heavy atom. The number of hydrogen-bond acceptors (Lipinski definition) is 1. The van der Waals surface area contributed by atoms with Crippen LogP contribution in [0.5, 0.6) is 0 Å². The van der Waals surface area contributed by atoms with E-state index in [-0.39, 0.29) is 17.5 Å². The standard InChI is InChI=1S/C15H19BrFNO/c1-2-10-6-8-11(9-7-10)18-15(19)12-4-3-5-13(16)14(12)17/h3-5,10-11H,2,6-9H2,1H3,(H,18,19). The minimum atomic E-state index is -0.484. The summed E-state index contributed by atoms with van der Waals surface area (Å²) in [5.41, 5.74) is 0.118. The zero-order chi connectivity index (χ0) is 13.8. The van der Waals surface area contributed by atoms with Gasteiger partial charge in [0.15, 0.2) is 0 Å². The van der Waals surface area contributed by atoms with Crippen LogP contribution in [-0.4, -0.2) is 11.9 Å². The minimum absolute atomic E-state index is 0.118. The molecular formula is C15H19BrFNO. The summed E-state index contributed by atoms with van der Waals surface area (Å²) in [6, 6.07) is 4.98. The lowest BCUT2D eigenvalue weighted by atomic mass is 9.84. The van der Waals surface area contributed by atoms with Crippen molar-refractivity contribution in [3.8, 4) is 0 Å². The van der Waals surface area contributed by atoms with Crippen LogP contribution in [0.2, 0.25) is 0 Å². The highest BCUT2D eigenvalue weighted by molar-refractivity contribution is 9.10. The average molecular weight is 328 g/mol. The van der Waals surface area contributed by atoms with Gasteiger partial charge in [0.2, 0.25) is 0 Å². The van der Waals surface area contributed by atoms with Crippen LogP contribution in [0.25, 0.3) is 0 Å². The Morgan fingerprint density at radius 1 is 1.37 bits per heavy atom. The Balaban J connectivity index is 1.96. The Kier molecular flexibility index (Phi) is 4.97. The van der Waals surface area contributed by atoms with Gasteiger partial charge in [-0.2, -0.15) is 0 Å². The van der Waals surface area contributed by atoms with Gasteiger partial charge in [-0.1, -0.05) is 19.4 Å². The Hall–Kier alpha value is -0.900. The first-order chi connectivity index (χ1) is 9.11. The number of amides is 1. The molecule has 2 nitrogen and oxygen atoms in total. The molecule has 0 spiro atoms. The van der Waals surface area contributed by atoms with Crippen LogP contribution >= 0.6 is 15.9 Å². The molecule has 0 unspecified atom stereocenters. The summed E-state index contributed by atoms with van der Waals surface area (Å²) in [4.78, 5) is 12.1. The molecule has 1 aliphatic carbocycles. The third-order valence-corrected chi connectivity index (χ3v) is 4.57. The smallest absolute Gasteiger partial charge is 0.254 e. The van der Waals surface area contributed by atoms with E-state index in [1.54, 1.807) is 12.1 Å². The normalized spacial score (nSPS) is 23.1. The Bertz CT molecular complexity index is 455. The molecule has 1 N–H and O–H groups in total. The maximum Gasteiger partial charge on any atom is 0.254 e.